The number of aliphatic hydroxyl groups is 1. The fraction of sp³-hybridized carbons (Fsp3) is 0.455. The van der Waals surface area contributed by atoms with Crippen LogP contribution >= 0.6 is 0 Å². The van der Waals surface area contributed by atoms with Crippen molar-refractivity contribution in [3.8, 4) is 5.75 Å². The molecule has 72 valence electrons. The van der Waals surface area contributed by atoms with Crippen molar-refractivity contribution in [2.75, 3.05) is 7.11 Å². The first kappa shape index (κ1) is 10.1. The van der Waals surface area contributed by atoms with E-state index in [9.17, 15) is 0 Å². The van der Waals surface area contributed by atoms with Crippen LogP contribution < -0.4 is 4.74 Å². The molecule has 0 saturated carbocycles. The Morgan fingerprint density at radius 3 is 2.54 bits per heavy atom. The molecule has 1 aromatic rings. The number of hydrogen-bond acceptors (Lipinski definition) is 2. The van der Waals surface area contributed by atoms with Crippen molar-refractivity contribution in [1.82, 2.24) is 0 Å². The Kier molecular flexibility index (Phi) is 3.32. The van der Waals surface area contributed by atoms with Crippen molar-refractivity contribution in [3.05, 3.63) is 29.3 Å². The Bertz CT molecular complexity index is 279. The summed E-state index contributed by atoms with van der Waals surface area (Å²) in [5.74, 6) is 1.24. The molecule has 0 saturated heterocycles. The highest BCUT2D eigenvalue weighted by Crippen LogP contribution is 2.29. The zero-order valence-electron chi connectivity index (χ0n) is 8.37. The van der Waals surface area contributed by atoms with Crippen LogP contribution in [0.15, 0.2) is 18.2 Å². The molecule has 2 heteroatoms. The third-order valence-corrected chi connectivity index (χ3v) is 2.12. The lowest BCUT2D eigenvalue weighted by Gasteiger charge is -2.14. The summed E-state index contributed by atoms with van der Waals surface area (Å²) < 4.78 is 5.27. The van der Waals surface area contributed by atoms with E-state index in [0.29, 0.717) is 5.92 Å². The molecule has 2 nitrogen and oxygen atoms in total. The molecule has 0 aromatic heterocycles. The van der Waals surface area contributed by atoms with Crippen LogP contribution in [0.3, 0.4) is 0 Å². The van der Waals surface area contributed by atoms with E-state index in [-0.39, 0.29) is 6.61 Å². The summed E-state index contributed by atoms with van der Waals surface area (Å²) in [5, 5.41) is 9.08. The first-order valence-electron chi connectivity index (χ1n) is 4.47. The average Bonchev–Trinajstić information content (AvgIpc) is 2.16. The molecule has 0 amide bonds. The van der Waals surface area contributed by atoms with Gasteiger partial charge in [-0.05, 0) is 11.5 Å². The smallest absolute Gasteiger partial charge is 0.127 e. The van der Waals surface area contributed by atoms with E-state index in [1.54, 1.807) is 7.11 Å². The summed E-state index contributed by atoms with van der Waals surface area (Å²) in [6.07, 6.45) is 0. The number of benzene rings is 1. The van der Waals surface area contributed by atoms with Gasteiger partial charge in [0.15, 0.2) is 0 Å². The van der Waals surface area contributed by atoms with E-state index >= 15 is 0 Å². The maximum atomic E-state index is 9.08. The fourth-order valence-electron chi connectivity index (χ4n) is 1.43. The molecule has 0 radical (unpaired) electrons. The highest BCUT2D eigenvalue weighted by atomic mass is 16.5. The van der Waals surface area contributed by atoms with Crippen LogP contribution in [0.4, 0.5) is 0 Å². The van der Waals surface area contributed by atoms with Crippen LogP contribution in [0.1, 0.15) is 30.9 Å². The lowest BCUT2D eigenvalue weighted by atomic mass is 9.99. The van der Waals surface area contributed by atoms with Gasteiger partial charge in [0.2, 0.25) is 0 Å². The van der Waals surface area contributed by atoms with Crippen molar-refractivity contribution in [3.63, 3.8) is 0 Å². The quantitative estimate of drug-likeness (QED) is 0.773. The third-order valence-electron chi connectivity index (χ3n) is 2.12. The maximum Gasteiger partial charge on any atom is 0.127 e. The van der Waals surface area contributed by atoms with Gasteiger partial charge in [0.05, 0.1) is 13.7 Å². The van der Waals surface area contributed by atoms with Crippen molar-refractivity contribution in [1.29, 1.82) is 0 Å². The molecule has 1 aromatic carbocycles. The first-order chi connectivity index (χ1) is 6.20. The Labute approximate surface area is 79.2 Å². The van der Waals surface area contributed by atoms with Gasteiger partial charge in [0.25, 0.3) is 0 Å². The molecule has 0 bridgehead atoms. The largest absolute Gasteiger partial charge is 0.496 e. The SMILES string of the molecule is COc1c(CO)cccc1C(C)C. The van der Waals surface area contributed by atoms with Crippen molar-refractivity contribution < 1.29 is 9.84 Å². The standard InChI is InChI=1S/C11H16O2/c1-8(2)10-6-4-5-9(7-12)11(10)13-3/h4-6,8,12H,7H2,1-3H3. The topological polar surface area (TPSA) is 29.5 Å². The van der Waals surface area contributed by atoms with E-state index in [1.165, 1.54) is 0 Å². The van der Waals surface area contributed by atoms with Gasteiger partial charge in [0.1, 0.15) is 5.75 Å². The molecule has 0 heterocycles. The lowest BCUT2D eigenvalue weighted by molar-refractivity contribution is 0.273. The number of para-hydroxylation sites is 1. The van der Waals surface area contributed by atoms with Crippen LogP contribution in [-0.2, 0) is 6.61 Å². The second-order valence-electron chi connectivity index (χ2n) is 3.35. The molecule has 0 fully saturated rings. The molecule has 13 heavy (non-hydrogen) atoms. The lowest BCUT2D eigenvalue weighted by Crippen LogP contribution is -1.98. The van der Waals surface area contributed by atoms with Gasteiger partial charge in [-0.15, -0.1) is 0 Å². The molecule has 1 N–H and O–H groups in total. The Balaban J connectivity index is 3.19. The second kappa shape index (κ2) is 4.28. The monoisotopic (exact) mass is 180 g/mol. The molecule has 0 aliphatic rings. The summed E-state index contributed by atoms with van der Waals surface area (Å²) in [6.45, 7) is 4.25. The van der Waals surface area contributed by atoms with Crippen LogP contribution in [0.2, 0.25) is 0 Å². The number of hydrogen-bond donors (Lipinski definition) is 1. The van der Waals surface area contributed by atoms with Gasteiger partial charge in [-0.25, -0.2) is 0 Å². The van der Waals surface area contributed by atoms with E-state index in [0.717, 1.165) is 16.9 Å². The average molecular weight is 180 g/mol. The van der Waals surface area contributed by atoms with Crippen molar-refractivity contribution in [2.45, 2.75) is 26.4 Å². The third kappa shape index (κ3) is 2.01. The summed E-state index contributed by atoms with van der Waals surface area (Å²) in [6, 6.07) is 5.86. The Hall–Kier alpha value is -1.02. The summed E-state index contributed by atoms with van der Waals surface area (Å²) >= 11 is 0. The Morgan fingerprint density at radius 1 is 1.38 bits per heavy atom. The number of ether oxygens (including phenoxy) is 1. The fourth-order valence-corrected chi connectivity index (χ4v) is 1.43. The van der Waals surface area contributed by atoms with Crippen LogP contribution in [0.5, 0.6) is 5.75 Å². The minimum absolute atomic E-state index is 0.0315. The highest BCUT2D eigenvalue weighted by molar-refractivity contribution is 5.42. The van der Waals surface area contributed by atoms with E-state index in [2.05, 4.69) is 13.8 Å². The molecule has 0 atom stereocenters. The summed E-state index contributed by atoms with van der Waals surface area (Å²) in [5.41, 5.74) is 2.00. The Morgan fingerprint density at radius 2 is 2.08 bits per heavy atom. The molecule has 0 spiro atoms. The van der Waals surface area contributed by atoms with E-state index in [1.807, 2.05) is 18.2 Å². The predicted molar refractivity (Wildman–Crippen MR) is 53.0 cm³/mol. The maximum absolute atomic E-state index is 9.08. The van der Waals surface area contributed by atoms with Crippen LogP contribution in [0.25, 0.3) is 0 Å². The second-order valence-corrected chi connectivity index (χ2v) is 3.35. The van der Waals surface area contributed by atoms with E-state index < -0.39 is 0 Å². The first-order valence-corrected chi connectivity index (χ1v) is 4.47. The zero-order valence-corrected chi connectivity index (χ0v) is 8.37. The molecule has 1 rings (SSSR count). The van der Waals surface area contributed by atoms with E-state index in [4.69, 9.17) is 9.84 Å². The van der Waals surface area contributed by atoms with Crippen LogP contribution in [0, 0.1) is 0 Å². The summed E-state index contributed by atoms with van der Waals surface area (Å²) in [4.78, 5) is 0. The predicted octanol–water partition coefficient (Wildman–Crippen LogP) is 2.31. The number of aliphatic hydroxyl groups excluding tert-OH is 1. The minimum Gasteiger partial charge on any atom is -0.496 e. The normalized spacial score (nSPS) is 10.5. The summed E-state index contributed by atoms with van der Waals surface area (Å²) in [7, 11) is 1.64. The molecule has 0 aliphatic carbocycles. The van der Waals surface area contributed by atoms with Crippen molar-refractivity contribution >= 4 is 0 Å². The zero-order chi connectivity index (χ0) is 9.84. The molecule has 0 unspecified atom stereocenters. The van der Waals surface area contributed by atoms with Gasteiger partial charge in [-0.2, -0.15) is 0 Å². The molecule has 0 aliphatic heterocycles. The van der Waals surface area contributed by atoms with Gasteiger partial charge in [0, 0.05) is 5.56 Å². The number of methoxy groups -OCH3 is 1. The van der Waals surface area contributed by atoms with Crippen molar-refractivity contribution in [2.24, 2.45) is 0 Å². The highest BCUT2D eigenvalue weighted by Gasteiger charge is 2.10. The van der Waals surface area contributed by atoms with Gasteiger partial charge in [-0.3, -0.25) is 0 Å². The minimum atomic E-state index is 0.0315. The van der Waals surface area contributed by atoms with Gasteiger partial charge < -0.3 is 9.84 Å². The van der Waals surface area contributed by atoms with Gasteiger partial charge >= 0.3 is 0 Å². The number of rotatable bonds is 3. The molecular formula is C11H16O2. The molecular weight excluding hydrogens is 164 g/mol. The van der Waals surface area contributed by atoms with Crippen LogP contribution in [-0.4, -0.2) is 12.2 Å². The van der Waals surface area contributed by atoms with Gasteiger partial charge in [-0.1, -0.05) is 32.0 Å².